The van der Waals surface area contributed by atoms with Gasteiger partial charge in [0.25, 0.3) is 5.56 Å². The molecule has 0 atom stereocenters. The molecule has 1 saturated carbocycles. The van der Waals surface area contributed by atoms with Crippen LogP contribution in [0.5, 0.6) is 0 Å². The van der Waals surface area contributed by atoms with Crippen molar-refractivity contribution in [3.8, 4) is 0 Å². The number of hydrogen-bond acceptors (Lipinski definition) is 3. The number of benzene rings is 1. The van der Waals surface area contributed by atoms with Crippen molar-refractivity contribution in [1.82, 2.24) is 14.5 Å². The number of aromatic nitrogens is 2. The molecular weight excluding hydrogens is 278 g/mol. The number of carbonyl (C=O) groups is 1. The number of fused-ring (bicyclic) bond motifs is 1. The monoisotopic (exact) mass is 299 g/mol. The van der Waals surface area contributed by atoms with E-state index in [1.165, 1.54) is 23.7 Å². The molecule has 0 radical (unpaired) electrons. The zero-order valence-electron chi connectivity index (χ0n) is 13.1. The highest BCUT2D eigenvalue weighted by atomic mass is 16.2. The van der Waals surface area contributed by atoms with Gasteiger partial charge in [-0.1, -0.05) is 25.0 Å². The molecule has 1 aromatic carbocycles. The molecular formula is C17H21N3O2. The molecule has 0 spiro atoms. The van der Waals surface area contributed by atoms with E-state index < -0.39 is 0 Å². The highest BCUT2D eigenvalue weighted by molar-refractivity contribution is 5.81. The number of carbonyl (C=O) groups excluding carboxylic acids is 1. The number of rotatable bonds is 3. The highest BCUT2D eigenvalue weighted by Crippen LogP contribution is 2.22. The zero-order valence-corrected chi connectivity index (χ0v) is 13.1. The van der Waals surface area contributed by atoms with Crippen LogP contribution in [0, 0.1) is 6.92 Å². The Morgan fingerprint density at radius 1 is 1.36 bits per heavy atom. The Morgan fingerprint density at radius 3 is 2.82 bits per heavy atom. The first-order valence-electron chi connectivity index (χ1n) is 7.78. The number of hydrogen-bond donors (Lipinski definition) is 0. The first-order chi connectivity index (χ1) is 10.6. The standard InChI is InChI=1S/C17H21N3O2/c1-12-6-5-9-14-16(12)18-11-20(17(14)22)10-15(21)19(2)13-7-3-4-8-13/h5-6,9,11,13H,3-4,7-8,10H2,1-2H3. The fraction of sp³-hybridized carbons (Fsp3) is 0.471. The van der Waals surface area contributed by atoms with E-state index in [4.69, 9.17) is 0 Å². The molecule has 1 heterocycles. The summed E-state index contributed by atoms with van der Waals surface area (Å²) in [5.74, 6) is -0.0252. The fourth-order valence-electron chi connectivity index (χ4n) is 3.20. The molecule has 1 aliphatic carbocycles. The minimum atomic E-state index is -0.151. The van der Waals surface area contributed by atoms with Crippen LogP contribution in [0.1, 0.15) is 31.2 Å². The summed E-state index contributed by atoms with van der Waals surface area (Å²) in [7, 11) is 1.84. The molecule has 3 rings (SSSR count). The fourth-order valence-corrected chi connectivity index (χ4v) is 3.20. The maximum absolute atomic E-state index is 12.5. The molecule has 2 aromatic rings. The lowest BCUT2D eigenvalue weighted by atomic mass is 10.1. The molecule has 5 nitrogen and oxygen atoms in total. The SMILES string of the molecule is Cc1cccc2c(=O)n(CC(=O)N(C)C3CCCC3)cnc12. The summed E-state index contributed by atoms with van der Waals surface area (Å²) in [5.41, 5.74) is 1.53. The lowest BCUT2D eigenvalue weighted by Crippen LogP contribution is -2.39. The summed E-state index contributed by atoms with van der Waals surface area (Å²) in [5, 5.41) is 0.568. The van der Waals surface area contributed by atoms with E-state index in [-0.39, 0.29) is 18.0 Å². The van der Waals surface area contributed by atoms with E-state index in [1.54, 1.807) is 11.0 Å². The summed E-state index contributed by atoms with van der Waals surface area (Å²) in [4.78, 5) is 31.0. The third kappa shape index (κ3) is 2.63. The van der Waals surface area contributed by atoms with Gasteiger partial charge in [-0.15, -0.1) is 0 Å². The van der Waals surface area contributed by atoms with Gasteiger partial charge in [-0.3, -0.25) is 14.2 Å². The van der Waals surface area contributed by atoms with E-state index in [2.05, 4.69) is 4.98 Å². The molecule has 116 valence electrons. The molecule has 1 fully saturated rings. The van der Waals surface area contributed by atoms with Crippen LogP contribution in [0.3, 0.4) is 0 Å². The first-order valence-corrected chi connectivity index (χ1v) is 7.78. The highest BCUT2D eigenvalue weighted by Gasteiger charge is 2.23. The predicted octanol–water partition coefficient (Wildman–Crippen LogP) is 2.11. The van der Waals surface area contributed by atoms with Gasteiger partial charge in [0.15, 0.2) is 0 Å². The Morgan fingerprint density at radius 2 is 2.09 bits per heavy atom. The van der Waals surface area contributed by atoms with Gasteiger partial charge in [-0.25, -0.2) is 4.98 Å². The Kier molecular flexibility index (Phi) is 3.96. The number of likely N-dealkylation sites (N-methyl/N-ethyl adjacent to an activating group) is 1. The van der Waals surface area contributed by atoms with Gasteiger partial charge in [0.2, 0.25) is 5.91 Å². The summed E-state index contributed by atoms with van der Waals surface area (Å²) < 4.78 is 1.41. The molecule has 0 unspecified atom stereocenters. The van der Waals surface area contributed by atoms with E-state index in [0.29, 0.717) is 16.9 Å². The van der Waals surface area contributed by atoms with Crippen molar-refractivity contribution in [3.63, 3.8) is 0 Å². The molecule has 1 aromatic heterocycles. The quantitative estimate of drug-likeness (QED) is 0.872. The molecule has 0 saturated heterocycles. The topological polar surface area (TPSA) is 55.2 Å². The normalized spacial score (nSPS) is 15.4. The number of amides is 1. The Labute approximate surface area is 129 Å². The third-order valence-corrected chi connectivity index (χ3v) is 4.63. The molecule has 5 heteroatoms. The van der Waals surface area contributed by atoms with Gasteiger partial charge in [0.1, 0.15) is 6.54 Å². The Hall–Kier alpha value is -2.17. The van der Waals surface area contributed by atoms with Gasteiger partial charge in [-0.05, 0) is 31.4 Å². The lowest BCUT2D eigenvalue weighted by molar-refractivity contribution is -0.132. The Balaban J connectivity index is 1.86. The van der Waals surface area contributed by atoms with Crippen molar-refractivity contribution < 1.29 is 4.79 Å². The van der Waals surface area contributed by atoms with Crippen LogP contribution < -0.4 is 5.56 Å². The molecule has 1 amide bonds. The second-order valence-electron chi connectivity index (χ2n) is 6.09. The van der Waals surface area contributed by atoms with Crippen molar-refractivity contribution >= 4 is 16.8 Å². The molecule has 22 heavy (non-hydrogen) atoms. The maximum Gasteiger partial charge on any atom is 0.261 e. The zero-order chi connectivity index (χ0) is 15.7. The first kappa shape index (κ1) is 14.8. The van der Waals surface area contributed by atoms with Gasteiger partial charge in [0.05, 0.1) is 17.2 Å². The van der Waals surface area contributed by atoms with Gasteiger partial charge in [0, 0.05) is 13.1 Å². The van der Waals surface area contributed by atoms with Crippen molar-refractivity contribution in [3.05, 3.63) is 40.4 Å². The second kappa shape index (κ2) is 5.91. The number of nitrogens with zero attached hydrogens (tertiary/aromatic N) is 3. The van der Waals surface area contributed by atoms with Crippen LogP contribution in [0.4, 0.5) is 0 Å². The van der Waals surface area contributed by atoms with Crippen LogP contribution >= 0.6 is 0 Å². The number of aryl methyl sites for hydroxylation is 1. The number of para-hydroxylation sites is 1. The van der Waals surface area contributed by atoms with Crippen molar-refractivity contribution in [2.75, 3.05) is 7.05 Å². The maximum atomic E-state index is 12.5. The molecule has 0 N–H and O–H groups in total. The van der Waals surface area contributed by atoms with E-state index >= 15 is 0 Å². The van der Waals surface area contributed by atoms with E-state index in [0.717, 1.165) is 18.4 Å². The summed E-state index contributed by atoms with van der Waals surface area (Å²) in [6.07, 6.45) is 5.97. The average molecular weight is 299 g/mol. The van der Waals surface area contributed by atoms with Crippen LogP contribution in [-0.2, 0) is 11.3 Å². The largest absolute Gasteiger partial charge is 0.341 e. The summed E-state index contributed by atoms with van der Waals surface area (Å²) >= 11 is 0. The van der Waals surface area contributed by atoms with Crippen molar-refractivity contribution in [2.24, 2.45) is 0 Å². The third-order valence-electron chi connectivity index (χ3n) is 4.63. The van der Waals surface area contributed by atoms with Gasteiger partial charge in [-0.2, -0.15) is 0 Å². The minimum absolute atomic E-state index is 0.0252. The smallest absolute Gasteiger partial charge is 0.261 e. The van der Waals surface area contributed by atoms with Gasteiger partial charge < -0.3 is 4.90 Å². The summed E-state index contributed by atoms with van der Waals surface area (Å²) in [6, 6.07) is 5.86. The second-order valence-corrected chi connectivity index (χ2v) is 6.09. The average Bonchev–Trinajstić information content (AvgIpc) is 3.04. The van der Waals surface area contributed by atoms with Crippen LogP contribution in [0.2, 0.25) is 0 Å². The molecule has 0 aliphatic heterocycles. The molecule has 0 bridgehead atoms. The summed E-state index contributed by atoms with van der Waals surface area (Å²) in [6.45, 7) is 1.99. The van der Waals surface area contributed by atoms with Crippen LogP contribution in [0.25, 0.3) is 10.9 Å². The van der Waals surface area contributed by atoms with Gasteiger partial charge >= 0.3 is 0 Å². The van der Waals surface area contributed by atoms with Crippen LogP contribution in [-0.4, -0.2) is 33.4 Å². The van der Waals surface area contributed by atoms with Crippen molar-refractivity contribution in [2.45, 2.75) is 45.2 Å². The molecule has 1 aliphatic rings. The van der Waals surface area contributed by atoms with Crippen molar-refractivity contribution in [1.29, 1.82) is 0 Å². The Bertz CT molecular complexity index is 760. The van der Waals surface area contributed by atoms with Crippen LogP contribution in [0.15, 0.2) is 29.3 Å². The predicted molar refractivity (Wildman–Crippen MR) is 85.8 cm³/mol. The lowest BCUT2D eigenvalue weighted by Gasteiger charge is -2.24. The van der Waals surface area contributed by atoms with E-state index in [1.807, 2.05) is 26.1 Å². The minimum Gasteiger partial charge on any atom is -0.341 e. The van der Waals surface area contributed by atoms with E-state index in [9.17, 15) is 9.59 Å².